The van der Waals surface area contributed by atoms with Gasteiger partial charge in [0.1, 0.15) is 0 Å². The number of rotatable bonds is 7. The predicted octanol–water partition coefficient (Wildman–Crippen LogP) is 6.54. The fourth-order valence-electron chi connectivity index (χ4n) is 5.12. The standard InChI is InChI=1S/C29H26BrNO6/c1-34-21-10-9-17(14-22(21)35-2)25-26(29(32)33)27(18-7-5-6-8-20(18)30)31-12-11-16-13-23(36-3)24(37-4)15-19(16)28(25)31/h5-10,13-15H,11-12H2,1-4H3,(H,32,33). The third-order valence-electron chi connectivity index (χ3n) is 6.75. The topological polar surface area (TPSA) is 79.2 Å². The van der Waals surface area contributed by atoms with Crippen LogP contribution < -0.4 is 18.9 Å². The van der Waals surface area contributed by atoms with Gasteiger partial charge < -0.3 is 28.6 Å². The second-order valence-electron chi connectivity index (χ2n) is 8.57. The zero-order chi connectivity index (χ0) is 26.3. The van der Waals surface area contributed by atoms with Gasteiger partial charge in [0.15, 0.2) is 23.0 Å². The Morgan fingerprint density at radius 1 is 0.811 bits per heavy atom. The SMILES string of the molecule is COc1ccc(-c2c(C(=O)O)c(-c3ccccc3Br)n3c2-c2cc(OC)c(OC)cc2CC3)cc1OC. The van der Waals surface area contributed by atoms with E-state index < -0.39 is 5.97 Å². The Hall–Kier alpha value is -3.91. The van der Waals surface area contributed by atoms with E-state index in [0.717, 1.165) is 26.9 Å². The summed E-state index contributed by atoms with van der Waals surface area (Å²) >= 11 is 3.65. The lowest BCUT2D eigenvalue weighted by molar-refractivity contribution is 0.0698. The van der Waals surface area contributed by atoms with Crippen molar-refractivity contribution in [2.75, 3.05) is 28.4 Å². The number of halogens is 1. The molecule has 0 aliphatic carbocycles. The summed E-state index contributed by atoms with van der Waals surface area (Å²) in [5.74, 6) is 1.28. The quantitative estimate of drug-likeness (QED) is 0.275. The normalized spacial score (nSPS) is 11.9. The van der Waals surface area contributed by atoms with Crippen molar-refractivity contribution in [3.63, 3.8) is 0 Å². The van der Waals surface area contributed by atoms with Crippen LogP contribution in [0.2, 0.25) is 0 Å². The van der Waals surface area contributed by atoms with E-state index in [9.17, 15) is 9.90 Å². The van der Waals surface area contributed by atoms with Crippen molar-refractivity contribution in [3.8, 4) is 56.6 Å². The molecule has 0 radical (unpaired) electrons. The third kappa shape index (κ3) is 4.01. The molecule has 1 aliphatic rings. The molecule has 0 fully saturated rings. The number of aromatic nitrogens is 1. The number of nitrogens with zero attached hydrogens (tertiary/aromatic N) is 1. The summed E-state index contributed by atoms with van der Waals surface area (Å²) in [7, 11) is 6.34. The average Bonchev–Trinajstić information content (AvgIpc) is 3.27. The number of aromatic carboxylic acids is 1. The maximum absolute atomic E-state index is 13.0. The molecule has 0 spiro atoms. The molecule has 0 bridgehead atoms. The Morgan fingerprint density at radius 3 is 2.11 bits per heavy atom. The molecule has 0 unspecified atom stereocenters. The summed E-state index contributed by atoms with van der Waals surface area (Å²) in [5, 5.41) is 10.6. The minimum absolute atomic E-state index is 0.219. The molecule has 37 heavy (non-hydrogen) atoms. The van der Waals surface area contributed by atoms with Crippen LogP contribution in [-0.4, -0.2) is 44.1 Å². The fourth-order valence-corrected chi connectivity index (χ4v) is 5.59. The van der Waals surface area contributed by atoms with E-state index in [1.807, 2.05) is 48.5 Å². The average molecular weight is 564 g/mol. The van der Waals surface area contributed by atoms with E-state index in [0.29, 0.717) is 52.8 Å². The van der Waals surface area contributed by atoms with Crippen molar-refractivity contribution >= 4 is 21.9 Å². The smallest absolute Gasteiger partial charge is 0.338 e. The van der Waals surface area contributed by atoms with Crippen molar-refractivity contribution in [1.82, 2.24) is 4.57 Å². The van der Waals surface area contributed by atoms with Gasteiger partial charge in [0.05, 0.1) is 45.4 Å². The van der Waals surface area contributed by atoms with E-state index in [2.05, 4.69) is 20.5 Å². The van der Waals surface area contributed by atoms with Crippen LogP contribution in [-0.2, 0) is 13.0 Å². The zero-order valence-corrected chi connectivity index (χ0v) is 22.5. The second kappa shape index (κ2) is 9.86. The number of carbonyl (C=O) groups is 1. The van der Waals surface area contributed by atoms with E-state index in [4.69, 9.17) is 18.9 Å². The monoisotopic (exact) mass is 563 g/mol. The minimum atomic E-state index is -1.01. The van der Waals surface area contributed by atoms with Gasteiger partial charge >= 0.3 is 5.97 Å². The molecule has 3 aromatic carbocycles. The molecule has 2 heterocycles. The molecule has 1 aliphatic heterocycles. The van der Waals surface area contributed by atoms with Crippen LogP contribution in [0, 0.1) is 0 Å². The fraction of sp³-hybridized carbons (Fsp3) is 0.207. The number of hydrogen-bond acceptors (Lipinski definition) is 5. The van der Waals surface area contributed by atoms with Crippen LogP contribution in [0.1, 0.15) is 15.9 Å². The van der Waals surface area contributed by atoms with Gasteiger partial charge in [0, 0.05) is 27.7 Å². The summed E-state index contributed by atoms with van der Waals surface area (Å²) in [6.07, 6.45) is 0.708. The number of methoxy groups -OCH3 is 4. The lowest BCUT2D eigenvalue weighted by Gasteiger charge is -2.24. The van der Waals surface area contributed by atoms with Crippen LogP contribution >= 0.6 is 15.9 Å². The number of carboxylic acid groups (broad SMARTS) is 1. The van der Waals surface area contributed by atoms with Crippen LogP contribution in [0.25, 0.3) is 33.6 Å². The van der Waals surface area contributed by atoms with Gasteiger partial charge in [0.2, 0.25) is 0 Å². The van der Waals surface area contributed by atoms with Crippen molar-refractivity contribution in [2.24, 2.45) is 0 Å². The van der Waals surface area contributed by atoms with Gasteiger partial charge in [-0.05, 0) is 47.9 Å². The zero-order valence-electron chi connectivity index (χ0n) is 20.9. The van der Waals surface area contributed by atoms with E-state index in [1.165, 1.54) is 0 Å². The van der Waals surface area contributed by atoms with Gasteiger partial charge in [-0.25, -0.2) is 4.79 Å². The van der Waals surface area contributed by atoms with Gasteiger partial charge in [-0.2, -0.15) is 0 Å². The maximum Gasteiger partial charge on any atom is 0.338 e. The molecular weight excluding hydrogens is 538 g/mol. The van der Waals surface area contributed by atoms with Crippen LogP contribution in [0.15, 0.2) is 59.1 Å². The third-order valence-corrected chi connectivity index (χ3v) is 7.44. The molecule has 4 aromatic rings. The molecule has 7 nitrogen and oxygen atoms in total. The number of carboxylic acids is 1. The first-order valence-corrected chi connectivity index (χ1v) is 12.4. The summed E-state index contributed by atoms with van der Waals surface area (Å²) in [4.78, 5) is 13.0. The van der Waals surface area contributed by atoms with Crippen molar-refractivity contribution in [1.29, 1.82) is 0 Å². The summed E-state index contributed by atoms with van der Waals surface area (Å²) < 4.78 is 25.1. The highest BCUT2D eigenvalue weighted by Crippen LogP contribution is 2.50. The Kier molecular flexibility index (Phi) is 6.60. The number of hydrogen-bond donors (Lipinski definition) is 1. The number of benzene rings is 3. The molecular formula is C29H26BrNO6. The largest absolute Gasteiger partial charge is 0.493 e. The molecule has 8 heteroatoms. The van der Waals surface area contributed by atoms with Gasteiger partial charge in [-0.15, -0.1) is 0 Å². The molecule has 0 atom stereocenters. The van der Waals surface area contributed by atoms with Crippen LogP contribution in [0.5, 0.6) is 23.0 Å². The Labute approximate surface area is 223 Å². The van der Waals surface area contributed by atoms with E-state index >= 15 is 0 Å². The first kappa shape index (κ1) is 24.8. The van der Waals surface area contributed by atoms with Gasteiger partial charge in [-0.3, -0.25) is 0 Å². The van der Waals surface area contributed by atoms with E-state index in [1.54, 1.807) is 34.5 Å². The lowest BCUT2D eigenvalue weighted by Crippen LogP contribution is -2.13. The minimum Gasteiger partial charge on any atom is -0.493 e. The van der Waals surface area contributed by atoms with E-state index in [-0.39, 0.29) is 5.56 Å². The Morgan fingerprint density at radius 2 is 1.46 bits per heavy atom. The predicted molar refractivity (Wildman–Crippen MR) is 145 cm³/mol. The molecule has 5 rings (SSSR count). The van der Waals surface area contributed by atoms with Gasteiger partial charge in [0.25, 0.3) is 0 Å². The maximum atomic E-state index is 13.0. The number of aryl methyl sites for hydroxylation is 1. The van der Waals surface area contributed by atoms with Gasteiger partial charge in [-0.1, -0.05) is 40.2 Å². The lowest BCUT2D eigenvalue weighted by atomic mass is 9.91. The van der Waals surface area contributed by atoms with Crippen molar-refractivity contribution < 1.29 is 28.8 Å². The Balaban J connectivity index is 1.93. The van der Waals surface area contributed by atoms with Crippen molar-refractivity contribution in [3.05, 3.63) is 70.2 Å². The summed E-state index contributed by atoms with van der Waals surface area (Å²) in [6, 6.07) is 17.1. The molecule has 1 aromatic heterocycles. The summed E-state index contributed by atoms with van der Waals surface area (Å²) in [6.45, 7) is 0.599. The molecule has 1 N–H and O–H groups in total. The molecule has 0 amide bonds. The first-order valence-electron chi connectivity index (χ1n) is 11.7. The van der Waals surface area contributed by atoms with Crippen molar-refractivity contribution in [2.45, 2.75) is 13.0 Å². The van der Waals surface area contributed by atoms with Crippen LogP contribution in [0.3, 0.4) is 0 Å². The first-order chi connectivity index (χ1) is 17.9. The second-order valence-corrected chi connectivity index (χ2v) is 9.42. The molecule has 0 saturated carbocycles. The highest BCUT2D eigenvalue weighted by molar-refractivity contribution is 9.10. The molecule has 0 saturated heterocycles. The summed E-state index contributed by atoms with van der Waals surface area (Å²) in [5.41, 5.74) is 5.73. The Bertz CT molecular complexity index is 1520. The number of fused-ring (bicyclic) bond motifs is 3. The molecule has 190 valence electrons. The van der Waals surface area contributed by atoms with Crippen LogP contribution in [0.4, 0.5) is 0 Å². The highest BCUT2D eigenvalue weighted by Gasteiger charge is 2.34. The number of ether oxygens (including phenoxy) is 4. The highest BCUT2D eigenvalue weighted by atomic mass is 79.9.